The Bertz CT molecular complexity index is 473. The summed E-state index contributed by atoms with van der Waals surface area (Å²) in [7, 11) is 0. The number of amides is 1. The second-order valence-corrected chi connectivity index (χ2v) is 5.44. The molecule has 1 amide bonds. The highest BCUT2D eigenvalue weighted by atomic mass is 32.1. The molecule has 0 aliphatic carbocycles. The van der Waals surface area contributed by atoms with E-state index >= 15 is 0 Å². The molecule has 1 rings (SSSR count). The lowest BCUT2D eigenvalue weighted by atomic mass is 10.0. The van der Waals surface area contributed by atoms with Crippen LogP contribution in [-0.2, 0) is 16.0 Å². The van der Waals surface area contributed by atoms with Gasteiger partial charge < -0.3 is 10.4 Å². The number of carboxylic acid groups (broad SMARTS) is 1. The van der Waals surface area contributed by atoms with Gasteiger partial charge >= 0.3 is 12.1 Å². The van der Waals surface area contributed by atoms with Crippen LogP contribution in [0.3, 0.4) is 0 Å². The lowest BCUT2D eigenvalue weighted by molar-refractivity contribution is -0.207. The van der Waals surface area contributed by atoms with E-state index in [-0.39, 0.29) is 6.42 Å². The van der Waals surface area contributed by atoms with E-state index in [1.165, 1.54) is 11.3 Å². The number of halogens is 3. The second-order valence-electron chi connectivity index (χ2n) is 4.41. The molecule has 4 nitrogen and oxygen atoms in total. The average Bonchev–Trinajstić information content (AvgIpc) is 2.80. The highest BCUT2D eigenvalue weighted by molar-refractivity contribution is 7.09. The molecular formula is C12H14F3NO3S. The molecule has 0 aliphatic rings. The number of alkyl halides is 3. The Hall–Kier alpha value is -1.57. The molecule has 1 aromatic heterocycles. The number of hydrogen-bond donors (Lipinski definition) is 2. The summed E-state index contributed by atoms with van der Waals surface area (Å²) in [6.07, 6.45) is -4.28. The van der Waals surface area contributed by atoms with Crippen molar-refractivity contribution in [2.75, 3.05) is 0 Å². The van der Waals surface area contributed by atoms with Gasteiger partial charge in [0.15, 0.2) is 0 Å². The Balaban J connectivity index is 2.53. The number of carboxylic acids is 1. The number of aliphatic carboxylic acids is 1. The van der Waals surface area contributed by atoms with E-state index in [0.717, 1.165) is 4.88 Å². The number of thiophene rings is 1. The summed E-state index contributed by atoms with van der Waals surface area (Å²) in [6, 6.07) is 3.70. The van der Waals surface area contributed by atoms with Crippen molar-refractivity contribution < 1.29 is 27.9 Å². The van der Waals surface area contributed by atoms with Crippen LogP contribution in [0.2, 0.25) is 0 Å². The Kier molecular flexibility index (Phi) is 5.15. The van der Waals surface area contributed by atoms with Crippen LogP contribution in [-0.4, -0.2) is 28.7 Å². The minimum absolute atomic E-state index is 0.156. The van der Waals surface area contributed by atoms with E-state index in [4.69, 9.17) is 5.11 Å². The number of nitrogens with one attached hydrogen (secondary N) is 1. The van der Waals surface area contributed by atoms with Gasteiger partial charge in [-0.1, -0.05) is 6.07 Å². The van der Waals surface area contributed by atoms with Gasteiger partial charge in [-0.3, -0.25) is 4.79 Å². The maximum atomic E-state index is 12.7. The number of rotatable bonds is 6. The molecular weight excluding hydrogens is 295 g/mol. The SMILES string of the molecule is CC(NC(=O)CCCc1cccs1)(C(=O)O)C(F)(F)F. The van der Waals surface area contributed by atoms with Gasteiger partial charge in [0.05, 0.1) is 0 Å². The van der Waals surface area contributed by atoms with Crippen LogP contribution < -0.4 is 5.32 Å². The fourth-order valence-corrected chi connectivity index (χ4v) is 2.22. The zero-order chi connectivity index (χ0) is 15.4. The zero-order valence-electron chi connectivity index (χ0n) is 10.7. The second kappa shape index (κ2) is 6.25. The molecule has 0 aromatic carbocycles. The van der Waals surface area contributed by atoms with Crippen molar-refractivity contribution in [1.82, 2.24) is 5.32 Å². The number of carbonyl (C=O) groups is 2. The maximum absolute atomic E-state index is 12.7. The summed E-state index contributed by atoms with van der Waals surface area (Å²) in [6.45, 7) is 0.437. The molecule has 1 unspecified atom stereocenters. The van der Waals surface area contributed by atoms with Crippen LogP contribution in [0, 0.1) is 0 Å². The number of aryl methyl sites for hydroxylation is 1. The highest BCUT2D eigenvalue weighted by Gasteiger charge is 2.58. The molecule has 8 heteroatoms. The molecule has 0 saturated heterocycles. The lowest BCUT2D eigenvalue weighted by Crippen LogP contribution is -2.61. The third kappa shape index (κ3) is 3.96. The number of hydrogen-bond acceptors (Lipinski definition) is 3. The van der Waals surface area contributed by atoms with Crippen molar-refractivity contribution >= 4 is 23.2 Å². The molecule has 0 saturated carbocycles. The monoisotopic (exact) mass is 309 g/mol. The standard InChI is InChI=1S/C12H14F3NO3S/c1-11(10(18)19,12(13,14)15)16-9(17)6-2-4-8-5-3-7-20-8/h3,5,7H,2,4,6H2,1H3,(H,16,17)(H,18,19). The van der Waals surface area contributed by atoms with Gasteiger partial charge in [-0.05, 0) is 31.2 Å². The van der Waals surface area contributed by atoms with Gasteiger partial charge in [0.25, 0.3) is 0 Å². The largest absolute Gasteiger partial charge is 0.479 e. The Morgan fingerprint density at radius 3 is 2.50 bits per heavy atom. The van der Waals surface area contributed by atoms with E-state index in [1.54, 1.807) is 5.32 Å². The first-order chi connectivity index (χ1) is 9.17. The molecule has 0 bridgehead atoms. The third-order valence-corrected chi connectivity index (χ3v) is 3.73. The Morgan fingerprint density at radius 2 is 2.05 bits per heavy atom. The van der Waals surface area contributed by atoms with Gasteiger partial charge in [-0.15, -0.1) is 11.3 Å². The van der Waals surface area contributed by atoms with Gasteiger partial charge in [0.1, 0.15) is 0 Å². The minimum atomic E-state index is -5.05. The fourth-order valence-electron chi connectivity index (χ4n) is 1.46. The van der Waals surface area contributed by atoms with E-state index in [0.29, 0.717) is 19.8 Å². The van der Waals surface area contributed by atoms with Crippen molar-refractivity contribution in [3.05, 3.63) is 22.4 Å². The summed E-state index contributed by atoms with van der Waals surface area (Å²) in [4.78, 5) is 23.2. The van der Waals surface area contributed by atoms with Crippen LogP contribution >= 0.6 is 11.3 Å². The molecule has 20 heavy (non-hydrogen) atoms. The summed E-state index contributed by atoms with van der Waals surface area (Å²) < 4.78 is 38.0. The summed E-state index contributed by atoms with van der Waals surface area (Å²) in [5.41, 5.74) is -3.26. The predicted octanol–water partition coefficient (Wildman–Crippen LogP) is 2.59. The van der Waals surface area contributed by atoms with Crippen molar-refractivity contribution in [2.45, 2.75) is 37.9 Å². The Morgan fingerprint density at radius 1 is 1.40 bits per heavy atom. The molecule has 0 aliphatic heterocycles. The van der Waals surface area contributed by atoms with Gasteiger partial charge in [0, 0.05) is 11.3 Å². The molecule has 1 aromatic rings. The quantitative estimate of drug-likeness (QED) is 0.849. The summed E-state index contributed by atoms with van der Waals surface area (Å²) in [5, 5.41) is 12.1. The highest BCUT2D eigenvalue weighted by Crippen LogP contribution is 2.30. The van der Waals surface area contributed by atoms with Crippen molar-refractivity contribution in [2.24, 2.45) is 0 Å². The number of carbonyl (C=O) groups excluding carboxylic acids is 1. The van der Waals surface area contributed by atoms with Gasteiger partial charge in [-0.2, -0.15) is 13.2 Å². The first kappa shape index (κ1) is 16.5. The van der Waals surface area contributed by atoms with E-state index in [9.17, 15) is 22.8 Å². The van der Waals surface area contributed by atoms with Crippen LogP contribution in [0.1, 0.15) is 24.6 Å². The van der Waals surface area contributed by atoms with E-state index in [1.807, 2.05) is 17.5 Å². The van der Waals surface area contributed by atoms with Crippen molar-refractivity contribution in [1.29, 1.82) is 0 Å². The van der Waals surface area contributed by atoms with Crippen LogP contribution in [0.15, 0.2) is 17.5 Å². The van der Waals surface area contributed by atoms with Gasteiger partial charge in [-0.25, -0.2) is 4.79 Å². The summed E-state index contributed by atoms with van der Waals surface area (Å²) >= 11 is 1.49. The summed E-state index contributed by atoms with van der Waals surface area (Å²) in [5.74, 6) is -3.06. The maximum Gasteiger partial charge on any atom is 0.422 e. The van der Waals surface area contributed by atoms with Crippen molar-refractivity contribution in [3.63, 3.8) is 0 Å². The molecule has 0 radical (unpaired) electrons. The van der Waals surface area contributed by atoms with Crippen molar-refractivity contribution in [3.8, 4) is 0 Å². The lowest BCUT2D eigenvalue weighted by Gasteiger charge is -2.28. The van der Waals surface area contributed by atoms with Crippen LogP contribution in [0.5, 0.6) is 0 Å². The van der Waals surface area contributed by atoms with Crippen LogP contribution in [0.25, 0.3) is 0 Å². The molecule has 1 atom stereocenters. The molecule has 112 valence electrons. The van der Waals surface area contributed by atoms with E-state index in [2.05, 4.69) is 0 Å². The van der Waals surface area contributed by atoms with E-state index < -0.39 is 23.6 Å². The normalized spacial score (nSPS) is 14.6. The molecule has 0 fully saturated rings. The fraction of sp³-hybridized carbons (Fsp3) is 0.500. The predicted molar refractivity (Wildman–Crippen MR) is 67.5 cm³/mol. The first-order valence-electron chi connectivity index (χ1n) is 5.80. The Labute approximate surface area is 117 Å². The minimum Gasteiger partial charge on any atom is -0.479 e. The zero-order valence-corrected chi connectivity index (χ0v) is 11.5. The topological polar surface area (TPSA) is 66.4 Å². The molecule has 0 spiro atoms. The van der Waals surface area contributed by atoms with Gasteiger partial charge in [0.2, 0.25) is 11.4 Å². The van der Waals surface area contributed by atoms with Crippen LogP contribution in [0.4, 0.5) is 13.2 Å². The third-order valence-electron chi connectivity index (χ3n) is 2.79. The molecule has 1 heterocycles. The first-order valence-corrected chi connectivity index (χ1v) is 6.68. The average molecular weight is 309 g/mol. The smallest absolute Gasteiger partial charge is 0.422 e. The molecule has 2 N–H and O–H groups in total.